The molecule has 0 bridgehead atoms. The van der Waals surface area contributed by atoms with Crippen LogP contribution in [0.1, 0.15) is 62.3 Å². The molecule has 0 atom stereocenters. The Morgan fingerprint density at radius 3 is 1.69 bits per heavy atom. The summed E-state index contributed by atoms with van der Waals surface area (Å²) in [4.78, 5) is 8.19. The van der Waals surface area contributed by atoms with Crippen molar-refractivity contribution in [2.75, 3.05) is 18.5 Å². The topological polar surface area (TPSA) is 47.0 Å². The Labute approximate surface area is 255 Å². The van der Waals surface area contributed by atoms with Crippen molar-refractivity contribution in [2.24, 2.45) is 17.8 Å². The fraction of sp³-hybridized carbons (Fsp3) is 0.368. The van der Waals surface area contributed by atoms with Gasteiger partial charge in [0.15, 0.2) is 0 Å². The molecular formula is C38H53N3O. The van der Waals surface area contributed by atoms with Crippen LogP contribution >= 0.6 is 0 Å². The predicted octanol–water partition coefficient (Wildman–Crippen LogP) is 10.9. The summed E-state index contributed by atoms with van der Waals surface area (Å²) < 4.78 is 5.36. The number of pyridine rings is 2. The molecule has 2 aromatic heterocycles. The molecule has 4 nitrogen and oxygen atoms in total. The molecule has 0 saturated heterocycles. The van der Waals surface area contributed by atoms with Gasteiger partial charge in [-0.3, -0.25) is 9.97 Å². The average molecular weight is 568 g/mol. The van der Waals surface area contributed by atoms with Crippen LogP contribution in [0.5, 0.6) is 5.75 Å². The summed E-state index contributed by atoms with van der Waals surface area (Å²) in [5.41, 5.74) is 2.17. The quantitative estimate of drug-likeness (QED) is 0.202. The van der Waals surface area contributed by atoms with E-state index in [1.54, 1.807) is 0 Å². The second-order valence-electron chi connectivity index (χ2n) is 11.9. The van der Waals surface area contributed by atoms with Gasteiger partial charge in [-0.1, -0.05) is 123 Å². The lowest BCUT2D eigenvalue weighted by Crippen LogP contribution is -2.17. The molecule has 3 aromatic carbocycles. The lowest BCUT2D eigenvalue weighted by Gasteiger charge is -2.17. The molecule has 1 aliphatic heterocycles. The van der Waals surface area contributed by atoms with E-state index in [9.17, 15) is 0 Å². The van der Waals surface area contributed by atoms with Gasteiger partial charge in [0.1, 0.15) is 12.4 Å². The first-order chi connectivity index (χ1) is 20.1. The van der Waals surface area contributed by atoms with Gasteiger partial charge in [-0.2, -0.15) is 0 Å². The zero-order valence-electron chi connectivity index (χ0n) is 27.3. The third kappa shape index (κ3) is 17.7. The summed E-state index contributed by atoms with van der Waals surface area (Å²) in [6.45, 7) is 21.2. The first kappa shape index (κ1) is 36.1. The minimum atomic E-state index is 0.775. The number of aromatic nitrogens is 2. The fourth-order valence-electron chi connectivity index (χ4n) is 3.13. The number of nitrogens with zero attached hydrogens (tertiary/aromatic N) is 2. The molecule has 0 radical (unpaired) electrons. The number of hydrogen-bond donors (Lipinski definition) is 1. The maximum absolute atomic E-state index is 5.36. The van der Waals surface area contributed by atoms with E-state index < -0.39 is 0 Å². The number of fused-ring (bicyclic) bond motifs is 3. The van der Waals surface area contributed by atoms with E-state index in [1.165, 1.54) is 16.2 Å². The van der Waals surface area contributed by atoms with Crippen molar-refractivity contribution in [1.29, 1.82) is 0 Å². The van der Waals surface area contributed by atoms with Crippen LogP contribution in [0.3, 0.4) is 0 Å². The Balaban J connectivity index is 0.000000266. The molecule has 226 valence electrons. The molecule has 3 heterocycles. The van der Waals surface area contributed by atoms with E-state index in [2.05, 4.69) is 102 Å². The van der Waals surface area contributed by atoms with E-state index in [1.807, 2.05) is 85.3 Å². The van der Waals surface area contributed by atoms with Crippen molar-refractivity contribution < 1.29 is 4.74 Å². The molecule has 1 aliphatic rings. The number of para-hydroxylation sites is 3. The van der Waals surface area contributed by atoms with Gasteiger partial charge in [-0.05, 0) is 58.9 Å². The van der Waals surface area contributed by atoms with Crippen LogP contribution in [0.4, 0.5) is 5.69 Å². The zero-order valence-corrected chi connectivity index (χ0v) is 27.3. The number of ether oxygens (including phenoxy) is 1. The highest BCUT2D eigenvalue weighted by Gasteiger charge is 2.05. The highest BCUT2D eigenvalue weighted by Crippen LogP contribution is 2.25. The number of hydrogen-bond acceptors (Lipinski definition) is 4. The predicted molar refractivity (Wildman–Crippen MR) is 185 cm³/mol. The van der Waals surface area contributed by atoms with Gasteiger partial charge < -0.3 is 10.1 Å². The van der Waals surface area contributed by atoms with Crippen molar-refractivity contribution in [3.63, 3.8) is 0 Å². The van der Waals surface area contributed by atoms with Crippen molar-refractivity contribution in [3.8, 4) is 5.75 Å². The van der Waals surface area contributed by atoms with E-state index in [0.29, 0.717) is 0 Å². The molecule has 6 rings (SSSR count). The minimum absolute atomic E-state index is 0.775. The molecule has 0 amide bonds. The Kier molecular flexibility index (Phi) is 18.7. The highest BCUT2D eigenvalue weighted by atomic mass is 16.5. The van der Waals surface area contributed by atoms with Crippen molar-refractivity contribution in [1.82, 2.24) is 9.97 Å². The third-order valence-electron chi connectivity index (χ3n) is 4.62. The normalized spacial score (nSPS) is 10.9. The maximum atomic E-state index is 5.36. The van der Waals surface area contributed by atoms with E-state index in [0.717, 1.165) is 47.9 Å². The monoisotopic (exact) mass is 567 g/mol. The molecule has 42 heavy (non-hydrogen) atoms. The van der Waals surface area contributed by atoms with E-state index in [4.69, 9.17) is 4.74 Å². The van der Waals surface area contributed by atoms with Crippen LogP contribution in [-0.4, -0.2) is 23.1 Å². The first-order valence-electron chi connectivity index (χ1n) is 15.1. The zero-order chi connectivity index (χ0) is 31.2. The van der Waals surface area contributed by atoms with Gasteiger partial charge >= 0.3 is 0 Å². The number of benzene rings is 3. The van der Waals surface area contributed by atoms with Gasteiger partial charge in [-0.15, -0.1) is 0 Å². The largest absolute Gasteiger partial charge is 0.490 e. The molecule has 1 N–H and O–H groups in total. The second-order valence-corrected chi connectivity index (χ2v) is 11.9. The molecule has 0 unspecified atom stereocenters. The van der Waals surface area contributed by atoms with Crippen LogP contribution in [-0.2, 0) is 0 Å². The molecule has 5 aromatic rings. The summed E-state index contributed by atoms with van der Waals surface area (Å²) in [7, 11) is 0. The van der Waals surface area contributed by atoms with Crippen molar-refractivity contribution in [3.05, 3.63) is 110 Å². The van der Waals surface area contributed by atoms with Gasteiger partial charge in [-0.25, -0.2) is 0 Å². The van der Waals surface area contributed by atoms with Crippen LogP contribution < -0.4 is 10.1 Å². The van der Waals surface area contributed by atoms with Gasteiger partial charge in [0.25, 0.3) is 0 Å². The maximum Gasteiger partial charge on any atom is 0.142 e. The Morgan fingerprint density at radius 2 is 1.10 bits per heavy atom. The SMILES string of the molecule is CC(C)C.CC(C)C.CC(C)C.c1ccc2c(c1)NCCO2.c1ccc2cnccc2c1.c1ccc2ncccc2c1. The molecule has 0 fully saturated rings. The van der Waals surface area contributed by atoms with Crippen LogP contribution in [0.15, 0.2) is 110 Å². The third-order valence-corrected chi connectivity index (χ3v) is 4.62. The van der Waals surface area contributed by atoms with Crippen molar-refractivity contribution >= 4 is 27.4 Å². The van der Waals surface area contributed by atoms with Crippen LogP contribution in [0.2, 0.25) is 0 Å². The molecule has 4 heteroatoms. The molecule has 0 aliphatic carbocycles. The lowest BCUT2D eigenvalue weighted by molar-refractivity contribution is 0.323. The number of anilines is 1. The van der Waals surface area contributed by atoms with Crippen LogP contribution in [0, 0.1) is 17.8 Å². The first-order valence-corrected chi connectivity index (χ1v) is 15.1. The number of rotatable bonds is 0. The van der Waals surface area contributed by atoms with Gasteiger partial charge in [0.2, 0.25) is 0 Å². The Hall–Kier alpha value is -3.92. The van der Waals surface area contributed by atoms with Gasteiger partial charge in [0, 0.05) is 30.5 Å². The lowest BCUT2D eigenvalue weighted by atomic mass is 10.2. The van der Waals surface area contributed by atoms with E-state index >= 15 is 0 Å². The summed E-state index contributed by atoms with van der Waals surface area (Å²) in [5.74, 6) is 3.47. The average Bonchev–Trinajstić information content (AvgIpc) is 2.97. The molecule has 0 saturated carbocycles. The summed E-state index contributed by atoms with van der Waals surface area (Å²) in [5, 5.41) is 6.88. The van der Waals surface area contributed by atoms with Gasteiger partial charge in [0.05, 0.1) is 11.2 Å². The second kappa shape index (κ2) is 21.8. The smallest absolute Gasteiger partial charge is 0.142 e. The summed E-state index contributed by atoms with van der Waals surface area (Å²) >= 11 is 0. The Bertz CT molecular complexity index is 1120. The van der Waals surface area contributed by atoms with E-state index in [-0.39, 0.29) is 0 Å². The molecular weight excluding hydrogens is 514 g/mol. The summed E-state index contributed by atoms with van der Waals surface area (Å²) in [6, 6.07) is 30.3. The summed E-state index contributed by atoms with van der Waals surface area (Å²) in [6.07, 6.45) is 5.49. The standard InChI is InChI=1S/2C9H7N.C8H9NO.3C4H10/c1-2-6-9-8(4-1)5-3-7-10-9;1-2-4-9-7-10-6-5-8(9)3-1;1-2-4-8-7(3-1)9-5-6-10-8;3*1-4(2)3/h2*1-7H;1-4,9H,5-6H2;3*4H,1-3H3. The van der Waals surface area contributed by atoms with Crippen molar-refractivity contribution in [2.45, 2.75) is 62.3 Å². The highest BCUT2D eigenvalue weighted by molar-refractivity contribution is 5.81. The fourth-order valence-corrected chi connectivity index (χ4v) is 3.13. The van der Waals surface area contributed by atoms with Crippen LogP contribution in [0.25, 0.3) is 21.7 Å². The minimum Gasteiger partial charge on any atom is -0.490 e. The number of nitrogens with one attached hydrogen (secondary N) is 1. The Morgan fingerprint density at radius 1 is 0.571 bits per heavy atom. The molecule has 0 spiro atoms.